The smallest absolute Gasteiger partial charge is 0.408 e. The van der Waals surface area contributed by atoms with E-state index in [0.29, 0.717) is 30.0 Å². The second kappa shape index (κ2) is 7.82. The number of halogens is 1. The van der Waals surface area contributed by atoms with Gasteiger partial charge in [0.05, 0.1) is 24.5 Å². The van der Waals surface area contributed by atoms with Crippen molar-refractivity contribution in [2.45, 2.75) is 45.4 Å². The van der Waals surface area contributed by atoms with Crippen molar-refractivity contribution in [2.24, 2.45) is 0 Å². The number of fused-ring (bicyclic) bond motifs is 5. The molecule has 2 aliphatic heterocycles. The number of ether oxygens (including phenoxy) is 2. The summed E-state index contributed by atoms with van der Waals surface area (Å²) in [5.74, 6) is -0.650. The predicted molar refractivity (Wildman–Crippen MR) is 115 cm³/mol. The van der Waals surface area contributed by atoms with Crippen molar-refractivity contribution in [2.75, 3.05) is 13.7 Å². The molecule has 4 heterocycles. The number of amides is 2. The van der Waals surface area contributed by atoms with Gasteiger partial charge in [0, 0.05) is 6.54 Å². The number of hydrogen-bond donors (Lipinski definition) is 1. The summed E-state index contributed by atoms with van der Waals surface area (Å²) in [6, 6.07) is 2.50. The van der Waals surface area contributed by atoms with Crippen molar-refractivity contribution in [1.29, 1.82) is 0 Å². The Bertz CT molecular complexity index is 1290. The number of aromatic nitrogens is 4. The van der Waals surface area contributed by atoms with E-state index < -0.39 is 17.5 Å². The molecule has 1 atom stereocenters. The number of hydrogen-bond acceptors (Lipinski definition) is 8. The summed E-state index contributed by atoms with van der Waals surface area (Å²) in [5, 5.41) is 6.58. The number of carbonyl (C=O) groups is 2. The Kier molecular flexibility index (Phi) is 5.03. The number of nitrogens with one attached hydrogen (secondary N) is 1. The van der Waals surface area contributed by atoms with Crippen molar-refractivity contribution < 1.29 is 28.0 Å². The van der Waals surface area contributed by atoms with E-state index in [2.05, 4.69) is 20.4 Å². The van der Waals surface area contributed by atoms with E-state index in [1.807, 2.05) is 0 Å². The van der Waals surface area contributed by atoms with Crippen LogP contribution in [0.1, 0.15) is 55.2 Å². The molecule has 178 valence electrons. The lowest BCUT2D eigenvalue weighted by atomic mass is 9.97. The lowest BCUT2D eigenvalue weighted by Gasteiger charge is -2.39. The fourth-order valence-electron chi connectivity index (χ4n) is 4.14. The van der Waals surface area contributed by atoms with E-state index in [0.717, 1.165) is 0 Å². The zero-order valence-corrected chi connectivity index (χ0v) is 19.1. The first-order valence-electron chi connectivity index (χ1n) is 10.7. The van der Waals surface area contributed by atoms with Gasteiger partial charge in [-0.25, -0.2) is 14.2 Å². The zero-order chi connectivity index (χ0) is 24.2. The highest BCUT2D eigenvalue weighted by atomic mass is 19.1. The number of alkyl carbamates (subject to hydrolysis) is 1. The Morgan fingerprint density at radius 1 is 1.35 bits per heavy atom. The maximum atomic E-state index is 14.4. The van der Waals surface area contributed by atoms with E-state index >= 15 is 0 Å². The molecule has 1 aromatic carbocycles. The van der Waals surface area contributed by atoms with Crippen molar-refractivity contribution in [1.82, 2.24) is 29.9 Å². The van der Waals surface area contributed by atoms with Gasteiger partial charge in [-0.3, -0.25) is 9.36 Å². The molecule has 2 aromatic heterocycles. The minimum absolute atomic E-state index is 0.0225. The Balaban J connectivity index is 1.49. The van der Waals surface area contributed by atoms with Gasteiger partial charge < -0.3 is 24.2 Å². The highest BCUT2D eigenvalue weighted by Gasteiger charge is 2.44. The third-order valence-electron chi connectivity index (χ3n) is 5.63. The number of carbonyl (C=O) groups excluding carboxylic acids is 2. The average Bonchev–Trinajstić information content (AvgIpc) is 3.35. The third-order valence-corrected chi connectivity index (χ3v) is 5.63. The zero-order valence-electron chi connectivity index (χ0n) is 19.1. The maximum Gasteiger partial charge on any atom is 0.408 e. The lowest BCUT2D eigenvalue weighted by Crippen LogP contribution is -2.44. The second-order valence-corrected chi connectivity index (χ2v) is 8.99. The summed E-state index contributed by atoms with van der Waals surface area (Å²) in [5.41, 5.74) is 1.10. The van der Waals surface area contributed by atoms with Crippen LogP contribution in [0.5, 0.6) is 5.75 Å². The average molecular weight is 470 g/mol. The fraction of sp³-hybridized carbons (Fsp3) is 0.409. The molecular formula is C22H23FN6O5. The van der Waals surface area contributed by atoms with Gasteiger partial charge in [-0.2, -0.15) is 4.98 Å². The normalized spacial score (nSPS) is 16.7. The van der Waals surface area contributed by atoms with Crippen LogP contribution >= 0.6 is 0 Å². The molecule has 0 bridgehead atoms. The van der Waals surface area contributed by atoms with E-state index in [1.54, 1.807) is 36.6 Å². The molecule has 2 amide bonds. The molecule has 1 N–H and O–H groups in total. The number of imidazole rings is 1. The van der Waals surface area contributed by atoms with Crippen LogP contribution in [-0.4, -0.2) is 55.8 Å². The lowest BCUT2D eigenvalue weighted by molar-refractivity contribution is 0.0456. The molecule has 0 unspecified atom stereocenters. The molecule has 0 radical (unpaired) electrons. The van der Waals surface area contributed by atoms with E-state index in [-0.39, 0.29) is 41.5 Å². The first-order valence-corrected chi connectivity index (χ1v) is 10.7. The SMILES string of the molecule is COc1c(F)ccc2c1C(=O)N1CC[C@H]1c1c(-c3noc(CNC(=O)OC(C)(C)C)n3)ncn1-2. The van der Waals surface area contributed by atoms with Gasteiger partial charge in [0.15, 0.2) is 11.6 Å². The van der Waals surface area contributed by atoms with Gasteiger partial charge in [-0.05, 0) is 39.3 Å². The van der Waals surface area contributed by atoms with Crippen LogP contribution in [0.3, 0.4) is 0 Å². The quantitative estimate of drug-likeness (QED) is 0.617. The highest BCUT2D eigenvalue weighted by molar-refractivity contribution is 6.02. The summed E-state index contributed by atoms with van der Waals surface area (Å²) in [6.45, 7) is 5.78. The van der Waals surface area contributed by atoms with Crippen molar-refractivity contribution in [3.05, 3.63) is 41.4 Å². The summed E-state index contributed by atoms with van der Waals surface area (Å²) >= 11 is 0. The van der Waals surface area contributed by atoms with Crippen LogP contribution in [-0.2, 0) is 11.3 Å². The highest BCUT2D eigenvalue weighted by Crippen LogP contribution is 2.45. The molecule has 1 fully saturated rings. The first kappa shape index (κ1) is 21.9. The van der Waals surface area contributed by atoms with Crippen LogP contribution in [0.2, 0.25) is 0 Å². The van der Waals surface area contributed by atoms with Crippen LogP contribution in [0, 0.1) is 5.82 Å². The molecule has 34 heavy (non-hydrogen) atoms. The molecule has 0 aliphatic carbocycles. The Labute approximate surface area is 193 Å². The summed E-state index contributed by atoms with van der Waals surface area (Å²) < 4.78 is 31.8. The molecule has 0 spiro atoms. The van der Waals surface area contributed by atoms with E-state index in [9.17, 15) is 14.0 Å². The van der Waals surface area contributed by atoms with Crippen LogP contribution in [0.4, 0.5) is 9.18 Å². The fourth-order valence-corrected chi connectivity index (χ4v) is 4.14. The minimum Gasteiger partial charge on any atom is -0.493 e. The Morgan fingerprint density at radius 2 is 2.15 bits per heavy atom. The van der Waals surface area contributed by atoms with Gasteiger partial charge in [-0.1, -0.05) is 5.16 Å². The topological polar surface area (TPSA) is 125 Å². The van der Waals surface area contributed by atoms with Crippen LogP contribution in [0.15, 0.2) is 23.0 Å². The largest absolute Gasteiger partial charge is 0.493 e. The Hall–Kier alpha value is -3.96. The van der Waals surface area contributed by atoms with Gasteiger partial charge in [-0.15, -0.1) is 0 Å². The van der Waals surface area contributed by atoms with Gasteiger partial charge in [0.25, 0.3) is 5.91 Å². The third kappa shape index (κ3) is 3.55. The van der Waals surface area contributed by atoms with Crippen molar-refractivity contribution >= 4 is 12.0 Å². The second-order valence-electron chi connectivity index (χ2n) is 8.99. The molecule has 12 heteroatoms. The molecule has 5 rings (SSSR count). The molecule has 1 saturated heterocycles. The standard InChI is InChI=1S/C22H23FN6O5/c1-22(2,3)33-21(31)24-9-14-26-19(27-34-14)16-17-13-7-8-28(13)20(30)15-12(29(17)10-25-16)6-5-11(23)18(15)32-4/h5-6,10,13H,7-9H2,1-4H3,(H,24,31)/t13-/m0/s1. The van der Waals surface area contributed by atoms with Crippen molar-refractivity contribution in [3.63, 3.8) is 0 Å². The number of methoxy groups -OCH3 is 1. The maximum absolute atomic E-state index is 14.4. The summed E-state index contributed by atoms with van der Waals surface area (Å²) in [7, 11) is 1.33. The summed E-state index contributed by atoms with van der Waals surface area (Å²) in [4.78, 5) is 35.6. The van der Waals surface area contributed by atoms with Crippen LogP contribution in [0.25, 0.3) is 17.2 Å². The molecule has 0 saturated carbocycles. The molecular weight excluding hydrogens is 447 g/mol. The van der Waals surface area contributed by atoms with E-state index in [4.69, 9.17) is 14.0 Å². The van der Waals surface area contributed by atoms with Gasteiger partial charge in [0.1, 0.15) is 29.7 Å². The Morgan fingerprint density at radius 3 is 2.82 bits per heavy atom. The molecule has 3 aromatic rings. The summed E-state index contributed by atoms with van der Waals surface area (Å²) in [6.07, 6.45) is 1.64. The van der Waals surface area contributed by atoms with E-state index in [1.165, 1.54) is 19.2 Å². The predicted octanol–water partition coefficient (Wildman–Crippen LogP) is 3.00. The van der Waals surface area contributed by atoms with Crippen LogP contribution < -0.4 is 10.1 Å². The number of nitrogens with zero attached hydrogens (tertiary/aromatic N) is 5. The van der Waals surface area contributed by atoms with Crippen molar-refractivity contribution in [3.8, 4) is 23.0 Å². The molecule has 2 aliphatic rings. The first-order chi connectivity index (χ1) is 16.2. The number of rotatable bonds is 4. The van der Waals surface area contributed by atoms with Gasteiger partial charge >= 0.3 is 6.09 Å². The monoisotopic (exact) mass is 470 g/mol. The van der Waals surface area contributed by atoms with Gasteiger partial charge in [0.2, 0.25) is 11.7 Å². The minimum atomic E-state index is -0.633. The molecule has 11 nitrogen and oxygen atoms in total. The number of benzene rings is 1.